The van der Waals surface area contributed by atoms with Crippen molar-refractivity contribution in [2.45, 2.75) is 296 Å². The van der Waals surface area contributed by atoms with E-state index in [0.717, 1.165) is 70.6 Å². The second-order valence-corrected chi connectivity index (χ2v) is 24.1. The molecule has 0 saturated heterocycles. The summed E-state index contributed by atoms with van der Waals surface area (Å²) in [6, 6.07) is -0.911. The van der Waals surface area contributed by atoms with Gasteiger partial charge in [-0.25, -0.2) is 0 Å². The smallest absolute Gasteiger partial charge is 0.268 e. The Morgan fingerprint density at radius 3 is 1.22 bits per heavy atom. The van der Waals surface area contributed by atoms with Gasteiger partial charge >= 0.3 is 0 Å². The first-order chi connectivity index (χ1) is 37.0. The van der Waals surface area contributed by atoms with Gasteiger partial charge in [0.05, 0.1) is 39.9 Å². The minimum atomic E-state index is -4.61. The number of rotatable bonds is 58. The van der Waals surface area contributed by atoms with Crippen LogP contribution in [0.4, 0.5) is 0 Å². The topological polar surface area (TPSA) is 108 Å². The van der Waals surface area contributed by atoms with E-state index in [9.17, 15) is 19.4 Å². The summed E-state index contributed by atoms with van der Waals surface area (Å²) in [4.78, 5) is 25.5. The molecule has 0 fully saturated rings. The molecule has 3 unspecified atom stereocenters. The Morgan fingerprint density at radius 2 is 0.816 bits per heavy atom. The molecule has 2 N–H and O–H groups in total. The minimum absolute atomic E-state index is 0.00977. The highest BCUT2D eigenvalue weighted by molar-refractivity contribution is 7.45. The van der Waals surface area contributed by atoms with Crippen LogP contribution in [-0.4, -0.2) is 68.5 Å². The molecule has 0 aromatic rings. The molecule has 76 heavy (non-hydrogen) atoms. The molecule has 8 nitrogen and oxygen atoms in total. The summed E-state index contributed by atoms with van der Waals surface area (Å²) in [5, 5.41) is 13.8. The number of aliphatic hydroxyl groups excluding tert-OH is 1. The van der Waals surface area contributed by atoms with E-state index in [4.69, 9.17) is 9.05 Å². The average Bonchev–Trinajstić information content (AvgIpc) is 3.38. The summed E-state index contributed by atoms with van der Waals surface area (Å²) in [5.41, 5.74) is 0. The van der Waals surface area contributed by atoms with E-state index in [1.165, 1.54) is 193 Å². The van der Waals surface area contributed by atoms with E-state index < -0.39 is 26.6 Å². The molecule has 9 heteroatoms. The summed E-state index contributed by atoms with van der Waals surface area (Å²) < 4.78 is 23.3. The van der Waals surface area contributed by atoms with Crippen LogP contribution in [0.25, 0.3) is 0 Å². The van der Waals surface area contributed by atoms with E-state index in [2.05, 4.69) is 92.1 Å². The van der Waals surface area contributed by atoms with Crippen molar-refractivity contribution in [3.05, 3.63) is 85.1 Å². The Kier molecular flexibility index (Phi) is 55.6. The van der Waals surface area contributed by atoms with Gasteiger partial charge in [0.2, 0.25) is 5.91 Å². The summed E-state index contributed by atoms with van der Waals surface area (Å²) >= 11 is 0. The second kappa shape index (κ2) is 57.4. The van der Waals surface area contributed by atoms with Gasteiger partial charge in [0.15, 0.2) is 0 Å². The van der Waals surface area contributed by atoms with Crippen LogP contribution in [-0.2, 0) is 18.4 Å². The lowest BCUT2D eigenvalue weighted by atomic mass is 10.0. The standard InChI is InChI=1S/C67H123N2O6P/c1-6-8-10-12-14-16-18-20-22-23-24-25-26-27-28-29-30-31-32-33-34-35-36-37-38-39-40-41-42-43-44-45-47-49-51-53-55-57-59-61-67(71)68-65(64-75-76(72,73)74-63-62-69(3,4)5)66(70)60-58-56-54-52-50-48-46-21-19-17-15-13-11-9-7-2/h8,10,14,16,19-22,24-25,50,52,58,60,65-66,70H,6-7,9,11-13,15,17-18,23,26-49,51,53-57,59,61-64H2,1-5H3,(H-,68,71,72,73)/b10-8-,16-14-,21-19+,22-20-,25-24-,52-50+,60-58+. The predicted molar refractivity (Wildman–Crippen MR) is 330 cm³/mol. The number of hydrogen-bond acceptors (Lipinski definition) is 6. The van der Waals surface area contributed by atoms with Crippen LogP contribution in [0.5, 0.6) is 0 Å². The lowest BCUT2D eigenvalue weighted by Crippen LogP contribution is -2.45. The zero-order chi connectivity index (χ0) is 55.6. The first-order valence-electron chi connectivity index (χ1n) is 31.9. The molecule has 0 heterocycles. The van der Waals surface area contributed by atoms with E-state index in [0.29, 0.717) is 17.4 Å². The average molecular weight is 1080 g/mol. The summed E-state index contributed by atoms with van der Waals surface area (Å²) in [5.74, 6) is -0.209. The number of aliphatic hydroxyl groups is 1. The zero-order valence-electron chi connectivity index (χ0n) is 50.4. The van der Waals surface area contributed by atoms with E-state index in [-0.39, 0.29) is 12.5 Å². The van der Waals surface area contributed by atoms with E-state index >= 15 is 0 Å². The second-order valence-electron chi connectivity index (χ2n) is 22.7. The maximum atomic E-state index is 13.0. The normalized spacial score (nSPS) is 14.4. The lowest BCUT2D eigenvalue weighted by Gasteiger charge is -2.29. The van der Waals surface area contributed by atoms with E-state index in [1.807, 2.05) is 27.2 Å². The third kappa shape index (κ3) is 59.3. The number of phosphoric acid groups is 1. The SMILES string of the molecule is CC/C=C\C/C=C\C/C=C\C/C=C\CCCCCCCCCCCCCCCCCCCCCCCCCCCCC(=O)NC(COP(=O)([O-])OCC[N+](C)(C)C)C(O)/C=C/CC/C=C/CC/C=C/CCCCCCC. The molecule has 0 aliphatic carbocycles. The van der Waals surface area contributed by atoms with Gasteiger partial charge in [-0.1, -0.05) is 279 Å². The largest absolute Gasteiger partial charge is 0.756 e. The van der Waals surface area contributed by atoms with Gasteiger partial charge in [-0.2, -0.15) is 0 Å². The minimum Gasteiger partial charge on any atom is -0.756 e. The number of nitrogens with one attached hydrogen (secondary N) is 1. The van der Waals surface area contributed by atoms with Crippen molar-refractivity contribution in [1.82, 2.24) is 5.32 Å². The fourth-order valence-electron chi connectivity index (χ4n) is 9.12. The summed E-state index contributed by atoms with van der Waals surface area (Å²) in [6.07, 6.45) is 81.4. The Hall–Kier alpha value is -2.32. The monoisotopic (exact) mass is 1080 g/mol. The fourth-order valence-corrected chi connectivity index (χ4v) is 9.84. The number of carbonyl (C=O) groups is 1. The van der Waals surface area contributed by atoms with Crippen molar-refractivity contribution < 1.29 is 32.9 Å². The molecule has 442 valence electrons. The van der Waals surface area contributed by atoms with Gasteiger partial charge in [0, 0.05) is 6.42 Å². The number of carbonyl (C=O) groups excluding carboxylic acids is 1. The first-order valence-corrected chi connectivity index (χ1v) is 33.4. The third-order valence-electron chi connectivity index (χ3n) is 14.1. The molecule has 0 radical (unpaired) electrons. The molecule has 1 amide bonds. The molecule has 0 aliphatic heterocycles. The number of phosphoric ester groups is 1. The van der Waals surface area contributed by atoms with E-state index in [1.54, 1.807) is 6.08 Å². The Labute approximate surface area is 471 Å². The van der Waals surface area contributed by atoms with Crippen molar-refractivity contribution in [2.24, 2.45) is 0 Å². The van der Waals surface area contributed by atoms with Crippen LogP contribution < -0.4 is 10.2 Å². The van der Waals surface area contributed by atoms with Crippen LogP contribution in [0.1, 0.15) is 284 Å². The van der Waals surface area contributed by atoms with Crippen LogP contribution in [0, 0.1) is 0 Å². The van der Waals surface area contributed by atoms with Gasteiger partial charge in [0.25, 0.3) is 7.82 Å². The molecule has 0 aromatic carbocycles. The highest BCUT2D eigenvalue weighted by Crippen LogP contribution is 2.38. The van der Waals surface area contributed by atoms with Crippen molar-refractivity contribution in [3.63, 3.8) is 0 Å². The molecular weight excluding hydrogens is 960 g/mol. The highest BCUT2D eigenvalue weighted by atomic mass is 31.2. The molecule has 3 atom stereocenters. The fraction of sp³-hybridized carbons (Fsp3) is 0.776. The number of nitrogens with zero attached hydrogens (tertiary/aromatic N) is 1. The van der Waals surface area contributed by atoms with Crippen LogP contribution in [0.3, 0.4) is 0 Å². The molecule has 0 aliphatic rings. The number of amides is 1. The maximum absolute atomic E-state index is 13.0. The Bertz CT molecular complexity index is 1510. The number of likely N-dealkylation sites (N-methyl/N-ethyl adjacent to an activating group) is 1. The molecule has 0 saturated carbocycles. The molecule has 0 rings (SSSR count). The molecule has 0 spiro atoms. The Morgan fingerprint density at radius 1 is 0.474 bits per heavy atom. The van der Waals surface area contributed by atoms with Crippen molar-refractivity contribution >= 4 is 13.7 Å². The lowest BCUT2D eigenvalue weighted by molar-refractivity contribution is -0.870. The summed E-state index contributed by atoms with van der Waals surface area (Å²) in [6.45, 7) is 4.50. The number of hydrogen-bond donors (Lipinski definition) is 2. The third-order valence-corrected chi connectivity index (χ3v) is 15.0. The molecular formula is C67H123N2O6P. The quantitative estimate of drug-likeness (QED) is 0.0272. The Balaban J connectivity index is 3.94. The van der Waals surface area contributed by atoms with Gasteiger partial charge in [0.1, 0.15) is 13.2 Å². The zero-order valence-corrected chi connectivity index (χ0v) is 51.3. The van der Waals surface area contributed by atoms with Crippen molar-refractivity contribution in [2.75, 3.05) is 40.9 Å². The number of quaternary nitrogens is 1. The number of unbranched alkanes of at least 4 members (excludes halogenated alkanes) is 33. The highest BCUT2D eigenvalue weighted by Gasteiger charge is 2.23. The summed E-state index contributed by atoms with van der Waals surface area (Å²) in [7, 11) is 1.24. The number of allylic oxidation sites excluding steroid dienone is 13. The van der Waals surface area contributed by atoms with Crippen LogP contribution >= 0.6 is 7.82 Å². The molecule has 0 bridgehead atoms. The van der Waals surface area contributed by atoms with Gasteiger partial charge in [-0.3, -0.25) is 9.36 Å². The maximum Gasteiger partial charge on any atom is 0.268 e. The van der Waals surface area contributed by atoms with Gasteiger partial charge in [-0.15, -0.1) is 0 Å². The predicted octanol–water partition coefficient (Wildman–Crippen LogP) is 19.4. The van der Waals surface area contributed by atoms with Crippen LogP contribution in [0.15, 0.2) is 85.1 Å². The molecule has 0 aromatic heterocycles. The van der Waals surface area contributed by atoms with Gasteiger partial charge in [-0.05, 0) is 83.5 Å². The van der Waals surface area contributed by atoms with Gasteiger partial charge < -0.3 is 28.8 Å². The van der Waals surface area contributed by atoms with Crippen LogP contribution in [0.2, 0.25) is 0 Å². The van der Waals surface area contributed by atoms with Crippen molar-refractivity contribution in [3.8, 4) is 0 Å². The first kappa shape index (κ1) is 73.7. The van der Waals surface area contributed by atoms with Crippen molar-refractivity contribution in [1.29, 1.82) is 0 Å².